The summed E-state index contributed by atoms with van der Waals surface area (Å²) < 4.78 is 0. The molecular formula is C13H15N5O2. The highest BCUT2D eigenvalue weighted by Crippen LogP contribution is 2.28. The number of anilines is 2. The van der Waals surface area contributed by atoms with E-state index in [1.54, 1.807) is 7.05 Å². The van der Waals surface area contributed by atoms with Gasteiger partial charge in [0.1, 0.15) is 6.33 Å². The van der Waals surface area contributed by atoms with Crippen molar-refractivity contribution in [1.29, 1.82) is 0 Å². The van der Waals surface area contributed by atoms with E-state index in [9.17, 15) is 10.1 Å². The summed E-state index contributed by atoms with van der Waals surface area (Å²) in [6, 6.07) is 7.90. The van der Waals surface area contributed by atoms with Crippen LogP contribution in [0.1, 0.15) is 11.1 Å². The predicted octanol–water partition coefficient (Wildman–Crippen LogP) is 2.35. The Balaban J connectivity index is 2.23. The zero-order chi connectivity index (χ0) is 14.5. The predicted molar refractivity (Wildman–Crippen MR) is 76.7 cm³/mol. The van der Waals surface area contributed by atoms with E-state index in [4.69, 9.17) is 0 Å². The van der Waals surface area contributed by atoms with E-state index in [-0.39, 0.29) is 17.3 Å². The summed E-state index contributed by atoms with van der Waals surface area (Å²) in [6.07, 6.45) is 1.29. The number of nitro groups is 1. The molecule has 7 nitrogen and oxygen atoms in total. The summed E-state index contributed by atoms with van der Waals surface area (Å²) in [6.45, 7) is 2.46. The van der Waals surface area contributed by atoms with E-state index in [0.717, 1.165) is 11.1 Å². The largest absolute Gasteiger partial charge is 0.367 e. The van der Waals surface area contributed by atoms with Crippen LogP contribution in [0.2, 0.25) is 0 Å². The molecule has 0 radical (unpaired) electrons. The summed E-state index contributed by atoms with van der Waals surface area (Å²) in [5, 5.41) is 16.8. The van der Waals surface area contributed by atoms with Gasteiger partial charge in [-0.2, -0.15) is 0 Å². The van der Waals surface area contributed by atoms with Gasteiger partial charge >= 0.3 is 5.69 Å². The van der Waals surface area contributed by atoms with Crippen LogP contribution in [0.3, 0.4) is 0 Å². The fraction of sp³-hybridized carbons (Fsp3) is 0.231. The maximum atomic E-state index is 11.1. The molecule has 2 rings (SSSR count). The molecule has 0 spiro atoms. The molecule has 1 aromatic heterocycles. The molecule has 0 unspecified atom stereocenters. The normalized spacial score (nSPS) is 10.1. The molecule has 0 aliphatic heterocycles. The Labute approximate surface area is 116 Å². The van der Waals surface area contributed by atoms with Gasteiger partial charge < -0.3 is 10.6 Å². The smallest absolute Gasteiger partial charge is 0.353 e. The molecule has 0 fully saturated rings. The van der Waals surface area contributed by atoms with Crippen molar-refractivity contribution in [3.63, 3.8) is 0 Å². The molecule has 20 heavy (non-hydrogen) atoms. The van der Waals surface area contributed by atoms with Gasteiger partial charge in [0.25, 0.3) is 0 Å². The first-order valence-electron chi connectivity index (χ1n) is 6.08. The molecule has 7 heteroatoms. The zero-order valence-corrected chi connectivity index (χ0v) is 11.3. The number of aromatic nitrogens is 2. The van der Waals surface area contributed by atoms with E-state index in [1.807, 2.05) is 31.2 Å². The molecule has 0 atom stereocenters. The molecule has 1 aromatic carbocycles. The topological polar surface area (TPSA) is 93.0 Å². The lowest BCUT2D eigenvalue weighted by molar-refractivity contribution is -0.383. The number of nitrogens with one attached hydrogen (secondary N) is 2. The van der Waals surface area contributed by atoms with Crippen molar-refractivity contribution in [1.82, 2.24) is 9.97 Å². The van der Waals surface area contributed by atoms with Crippen LogP contribution in [0.5, 0.6) is 0 Å². The third kappa shape index (κ3) is 3.00. The second kappa shape index (κ2) is 5.96. The molecule has 0 aliphatic carbocycles. The minimum Gasteiger partial charge on any atom is -0.367 e. The van der Waals surface area contributed by atoms with Crippen molar-refractivity contribution in [2.75, 3.05) is 17.7 Å². The molecule has 2 aromatic rings. The number of nitrogens with zero attached hydrogens (tertiary/aromatic N) is 3. The number of rotatable bonds is 5. The highest BCUT2D eigenvalue weighted by Gasteiger charge is 2.21. The van der Waals surface area contributed by atoms with Gasteiger partial charge in [-0.15, -0.1) is 0 Å². The molecule has 0 bridgehead atoms. The van der Waals surface area contributed by atoms with Crippen LogP contribution in [-0.2, 0) is 6.54 Å². The van der Waals surface area contributed by atoms with Crippen molar-refractivity contribution in [2.24, 2.45) is 0 Å². The van der Waals surface area contributed by atoms with Crippen LogP contribution in [0.15, 0.2) is 30.6 Å². The van der Waals surface area contributed by atoms with Crippen molar-refractivity contribution < 1.29 is 4.92 Å². The Kier molecular flexibility index (Phi) is 4.09. The van der Waals surface area contributed by atoms with Crippen molar-refractivity contribution in [3.8, 4) is 0 Å². The van der Waals surface area contributed by atoms with Crippen molar-refractivity contribution >= 4 is 17.3 Å². The van der Waals surface area contributed by atoms with Crippen LogP contribution in [0, 0.1) is 17.0 Å². The highest BCUT2D eigenvalue weighted by molar-refractivity contribution is 5.69. The van der Waals surface area contributed by atoms with Gasteiger partial charge in [-0.1, -0.05) is 29.8 Å². The van der Waals surface area contributed by atoms with Gasteiger partial charge in [0.2, 0.25) is 11.6 Å². The Bertz CT molecular complexity index is 630. The maximum absolute atomic E-state index is 11.1. The molecular weight excluding hydrogens is 258 g/mol. The molecule has 0 saturated carbocycles. The molecule has 2 N–H and O–H groups in total. The second-order valence-electron chi connectivity index (χ2n) is 4.27. The SMILES string of the molecule is CNc1ncnc(NCc2cccc(C)c2)c1[N+](=O)[O-]. The summed E-state index contributed by atoms with van der Waals surface area (Å²) in [5.41, 5.74) is 2.02. The fourth-order valence-corrected chi connectivity index (χ4v) is 1.87. The lowest BCUT2D eigenvalue weighted by Gasteiger charge is -2.08. The van der Waals surface area contributed by atoms with E-state index >= 15 is 0 Å². The van der Waals surface area contributed by atoms with Gasteiger partial charge in [-0.3, -0.25) is 10.1 Å². The number of benzene rings is 1. The Morgan fingerprint density at radius 1 is 1.30 bits per heavy atom. The fourth-order valence-electron chi connectivity index (χ4n) is 1.87. The summed E-state index contributed by atoms with van der Waals surface area (Å²) in [4.78, 5) is 18.4. The molecule has 104 valence electrons. The molecule has 0 amide bonds. The lowest BCUT2D eigenvalue weighted by atomic mass is 10.1. The first-order valence-corrected chi connectivity index (χ1v) is 6.08. The van der Waals surface area contributed by atoms with Crippen LogP contribution < -0.4 is 10.6 Å². The monoisotopic (exact) mass is 273 g/mol. The van der Waals surface area contributed by atoms with Crippen LogP contribution in [0.25, 0.3) is 0 Å². The molecule has 0 aliphatic rings. The average Bonchev–Trinajstić information content (AvgIpc) is 2.44. The lowest BCUT2D eigenvalue weighted by Crippen LogP contribution is -2.08. The Hall–Kier alpha value is -2.70. The van der Waals surface area contributed by atoms with Crippen molar-refractivity contribution in [2.45, 2.75) is 13.5 Å². The van der Waals surface area contributed by atoms with Crippen LogP contribution in [-0.4, -0.2) is 21.9 Å². The first kappa shape index (κ1) is 13.7. The Morgan fingerprint density at radius 2 is 2.05 bits per heavy atom. The van der Waals surface area contributed by atoms with Gasteiger partial charge in [-0.05, 0) is 12.5 Å². The van der Waals surface area contributed by atoms with Crippen LogP contribution in [0.4, 0.5) is 17.3 Å². The third-order valence-electron chi connectivity index (χ3n) is 2.78. The van der Waals surface area contributed by atoms with E-state index in [2.05, 4.69) is 20.6 Å². The summed E-state index contributed by atoms with van der Waals surface area (Å²) in [7, 11) is 1.58. The number of hydrogen-bond donors (Lipinski definition) is 2. The standard InChI is InChI=1S/C13H15N5O2/c1-9-4-3-5-10(6-9)7-15-13-11(18(19)20)12(14-2)16-8-17-13/h3-6,8H,7H2,1-2H3,(H2,14,15,16,17). The Morgan fingerprint density at radius 3 is 2.70 bits per heavy atom. The summed E-state index contributed by atoms with van der Waals surface area (Å²) in [5.74, 6) is 0.396. The van der Waals surface area contributed by atoms with Gasteiger partial charge in [0, 0.05) is 13.6 Å². The minimum atomic E-state index is -0.496. The molecule has 0 saturated heterocycles. The number of aryl methyl sites for hydroxylation is 1. The van der Waals surface area contributed by atoms with Crippen LogP contribution >= 0.6 is 0 Å². The average molecular weight is 273 g/mol. The van der Waals surface area contributed by atoms with E-state index < -0.39 is 4.92 Å². The molecule has 1 heterocycles. The zero-order valence-electron chi connectivity index (χ0n) is 11.3. The maximum Gasteiger partial charge on any atom is 0.353 e. The van der Waals surface area contributed by atoms with Gasteiger partial charge in [0.05, 0.1) is 4.92 Å². The third-order valence-corrected chi connectivity index (χ3v) is 2.78. The van der Waals surface area contributed by atoms with Crippen molar-refractivity contribution in [3.05, 3.63) is 51.8 Å². The minimum absolute atomic E-state index is 0.150. The van der Waals surface area contributed by atoms with E-state index in [0.29, 0.717) is 6.54 Å². The van der Waals surface area contributed by atoms with Gasteiger partial charge in [0.15, 0.2) is 0 Å². The van der Waals surface area contributed by atoms with E-state index in [1.165, 1.54) is 6.33 Å². The quantitative estimate of drug-likeness (QED) is 0.641. The first-order chi connectivity index (χ1) is 9.61. The number of hydrogen-bond acceptors (Lipinski definition) is 6. The highest BCUT2D eigenvalue weighted by atomic mass is 16.6. The second-order valence-corrected chi connectivity index (χ2v) is 4.27. The van der Waals surface area contributed by atoms with Gasteiger partial charge in [-0.25, -0.2) is 9.97 Å². The summed E-state index contributed by atoms with van der Waals surface area (Å²) >= 11 is 0.